The first-order valence-electron chi connectivity index (χ1n) is 5.98. The maximum Gasteiger partial charge on any atom is 0.305 e. The summed E-state index contributed by atoms with van der Waals surface area (Å²) in [5.41, 5.74) is 0.857. The van der Waals surface area contributed by atoms with E-state index in [1.807, 2.05) is 29.2 Å². The van der Waals surface area contributed by atoms with Gasteiger partial charge in [-0.1, -0.05) is 12.1 Å². The van der Waals surface area contributed by atoms with Gasteiger partial charge in [-0.15, -0.1) is 0 Å². The standard InChI is InChI=1S/C13H15BrN2O3/c1-15-6-7-16(10-5-3-2-4-9(10)14)11(13(15)19)8-12(17)18/h2-5,11H,6-8H2,1H3,(H,17,18). The monoisotopic (exact) mass is 326 g/mol. The number of anilines is 1. The van der Waals surface area contributed by atoms with Crippen molar-refractivity contribution in [3.05, 3.63) is 28.7 Å². The fraction of sp³-hybridized carbons (Fsp3) is 0.385. The largest absolute Gasteiger partial charge is 0.481 e. The van der Waals surface area contributed by atoms with Crippen molar-refractivity contribution in [3.8, 4) is 0 Å². The zero-order chi connectivity index (χ0) is 14.0. The minimum Gasteiger partial charge on any atom is -0.481 e. The Bertz CT molecular complexity index is 506. The third-order valence-corrected chi connectivity index (χ3v) is 3.91. The van der Waals surface area contributed by atoms with Gasteiger partial charge in [0.15, 0.2) is 0 Å². The van der Waals surface area contributed by atoms with Gasteiger partial charge in [0, 0.05) is 24.6 Å². The number of para-hydroxylation sites is 1. The molecule has 1 N–H and O–H groups in total. The van der Waals surface area contributed by atoms with Crippen LogP contribution in [0.2, 0.25) is 0 Å². The molecular formula is C13H15BrN2O3. The van der Waals surface area contributed by atoms with Crippen molar-refractivity contribution in [2.45, 2.75) is 12.5 Å². The molecule has 0 aromatic heterocycles. The topological polar surface area (TPSA) is 60.9 Å². The Morgan fingerprint density at radius 2 is 2.11 bits per heavy atom. The maximum atomic E-state index is 12.2. The van der Waals surface area contributed by atoms with Crippen molar-refractivity contribution in [1.82, 2.24) is 4.90 Å². The van der Waals surface area contributed by atoms with Crippen LogP contribution in [0.25, 0.3) is 0 Å². The van der Waals surface area contributed by atoms with Crippen LogP contribution >= 0.6 is 15.9 Å². The summed E-state index contributed by atoms with van der Waals surface area (Å²) in [4.78, 5) is 26.6. The number of carboxylic acid groups (broad SMARTS) is 1. The van der Waals surface area contributed by atoms with Gasteiger partial charge in [-0.25, -0.2) is 0 Å². The number of aliphatic carboxylic acids is 1. The summed E-state index contributed by atoms with van der Waals surface area (Å²) in [5, 5.41) is 8.99. The summed E-state index contributed by atoms with van der Waals surface area (Å²) in [5.74, 6) is -1.12. The predicted octanol–water partition coefficient (Wildman–Crippen LogP) is 1.57. The highest BCUT2D eigenvalue weighted by Gasteiger charge is 2.35. The van der Waals surface area contributed by atoms with Gasteiger partial charge in [-0.2, -0.15) is 0 Å². The quantitative estimate of drug-likeness (QED) is 0.916. The van der Waals surface area contributed by atoms with E-state index < -0.39 is 12.0 Å². The SMILES string of the molecule is CN1CCN(c2ccccc2Br)C(CC(=O)O)C1=O. The summed E-state index contributed by atoms with van der Waals surface area (Å²) >= 11 is 3.45. The van der Waals surface area contributed by atoms with Crippen LogP contribution in [0.15, 0.2) is 28.7 Å². The molecule has 1 unspecified atom stereocenters. The molecule has 0 radical (unpaired) electrons. The lowest BCUT2D eigenvalue weighted by Crippen LogP contribution is -2.56. The molecule has 0 spiro atoms. The van der Waals surface area contributed by atoms with E-state index in [0.29, 0.717) is 13.1 Å². The summed E-state index contributed by atoms with van der Waals surface area (Å²) in [6.45, 7) is 1.22. The molecule has 0 aliphatic carbocycles. The second kappa shape index (κ2) is 5.61. The van der Waals surface area contributed by atoms with E-state index in [-0.39, 0.29) is 12.3 Å². The molecule has 1 amide bonds. The zero-order valence-corrected chi connectivity index (χ0v) is 12.1. The van der Waals surface area contributed by atoms with E-state index in [9.17, 15) is 9.59 Å². The number of benzene rings is 1. The van der Waals surface area contributed by atoms with Crippen LogP contribution in [0, 0.1) is 0 Å². The Morgan fingerprint density at radius 1 is 1.42 bits per heavy atom. The molecule has 1 aliphatic rings. The Morgan fingerprint density at radius 3 is 2.74 bits per heavy atom. The molecule has 0 bridgehead atoms. The molecular weight excluding hydrogens is 312 g/mol. The Labute approximate surface area is 119 Å². The van der Waals surface area contributed by atoms with E-state index in [4.69, 9.17) is 5.11 Å². The lowest BCUT2D eigenvalue weighted by atomic mass is 10.1. The second-order valence-electron chi connectivity index (χ2n) is 4.52. The smallest absolute Gasteiger partial charge is 0.305 e. The van der Waals surface area contributed by atoms with Gasteiger partial charge in [0.05, 0.1) is 12.1 Å². The van der Waals surface area contributed by atoms with Crippen LogP contribution in [0.5, 0.6) is 0 Å². The van der Waals surface area contributed by atoms with Crippen molar-refractivity contribution in [2.24, 2.45) is 0 Å². The van der Waals surface area contributed by atoms with Crippen molar-refractivity contribution in [3.63, 3.8) is 0 Å². The van der Waals surface area contributed by atoms with Gasteiger partial charge < -0.3 is 14.9 Å². The molecule has 2 rings (SSSR count). The molecule has 1 aliphatic heterocycles. The van der Waals surface area contributed by atoms with Gasteiger partial charge in [0.2, 0.25) is 5.91 Å². The van der Waals surface area contributed by atoms with Gasteiger partial charge in [0.1, 0.15) is 6.04 Å². The van der Waals surface area contributed by atoms with E-state index in [2.05, 4.69) is 15.9 Å². The minimum atomic E-state index is -0.967. The molecule has 6 heteroatoms. The van der Waals surface area contributed by atoms with Gasteiger partial charge in [-0.3, -0.25) is 9.59 Å². The number of halogens is 1. The summed E-state index contributed by atoms with van der Waals surface area (Å²) in [7, 11) is 1.70. The Kier molecular flexibility index (Phi) is 4.09. The van der Waals surface area contributed by atoms with E-state index in [1.165, 1.54) is 0 Å². The van der Waals surface area contributed by atoms with Crippen LogP contribution in [0.3, 0.4) is 0 Å². The molecule has 5 nitrogen and oxygen atoms in total. The highest BCUT2D eigenvalue weighted by atomic mass is 79.9. The van der Waals surface area contributed by atoms with Gasteiger partial charge >= 0.3 is 5.97 Å². The molecule has 1 fully saturated rings. The van der Waals surface area contributed by atoms with Gasteiger partial charge in [0.25, 0.3) is 0 Å². The van der Waals surface area contributed by atoms with Crippen molar-refractivity contribution in [1.29, 1.82) is 0 Å². The highest BCUT2D eigenvalue weighted by Crippen LogP contribution is 2.30. The third kappa shape index (κ3) is 2.89. The van der Waals surface area contributed by atoms with Crippen molar-refractivity contribution >= 4 is 33.5 Å². The Hall–Kier alpha value is -1.56. The number of hydrogen-bond acceptors (Lipinski definition) is 3. The summed E-state index contributed by atoms with van der Waals surface area (Å²) in [6, 6.07) is 6.89. The third-order valence-electron chi connectivity index (χ3n) is 3.24. The number of carbonyl (C=O) groups excluding carboxylic acids is 1. The molecule has 1 atom stereocenters. The molecule has 1 saturated heterocycles. The number of amides is 1. The number of nitrogens with zero attached hydrogens (tertiary/aromatic N) is 2. The fourth-order valence-corrected chi connectivity index (χ4v) is 2.76. The van der Waals surface area contributed by atoms with Crippen LogP contribution in [-0.2, 0) is 9.59 Å². The van der Waals surface area contributed by atoms with Crippen LogP contribution in [-0.4, -0.2) is 48.1 Å². The summed E-state index contributed by atoms with van der Waals surface area (Å²) < 4.78 is 0.864. The average molecular weight is 327 g/mol. The lowest BCUT2D eigenvalue weighted by Gasteiger charge is -2.40. The van der Waals surface area contributed by atoms with E-state index >= 15 is 0 Å². The Balaban J connectivity index is 2.34. The minimum absolute atomic E-state index is 0.149. The number of carboxylic acids is 1. The molecule has 1 heterocycles. The zero-order valence-electron chi connectivity index (χ0n) is 10.5. The van der Waals surface area contributed by atoms with E-state index in [1.54, 1.807) is 11.9 Å². The first-order chi connectivity index (χ1) is 9.00. The lowest BCUT2D eigenvalue weighted by molar-refractivity contribution is -0.142. The normalized spacial score (nSPS) is 19.7. The van der Waals surface area contributed by atoms with Crippen molar-refractivity contribution in [2.75, 3.05) is 25.0 Å². The number of piperazine rings is 1. The van der Waals surface area contributed by atoms with E-state index in [0.717, 1.165) is 10.2 Å². The fourth-order valence-electron chi connectivity index (χ4n) is 2.25. The molecule has 102 valence electrons. The molecule has 0 saturated carbocycles. The van der Waals surface area contributed by atoms with Crippen LogP contribution in [0.1, 0.15) is 6.42 Å². The van der Waals surface area contributed by atoms with Crippen LogP contribution < -0.4 is 4.90 Å². The summed E-state index contributed by atoms with van der Waals surface area (Å²) in [6.07, 6.45) is -0.190. The number of carbonyl (C=O) groups is 2. The van der Waals surface area contributed by atoms with Crippen molar-refractivity contribution < 1.29 is 14.7 Å². The molecule has 1 aromatic rings. The molecule has 1 aromatic carbocycles. The average Bonchev–Trinajstić information content (AvgIpc) is 2.36. The number of likely N-dealkylation sites (N-methyl/N-ethyl adjacent to an activating group) is 1. The first kappa shape index (κ1) is 13.9. The predicted molar refractivity (Wildman–Crippen MR) is 75.2 cm³/mol. The maximum absolute atomic E-state index is 12.2. The number of rotatable bonds is 3. The first-order valence-corrected chi connectivity index (χ1v) is 6.78. The second-order valence-corrected chi connectivity index (χ2v) is 5.37. The number of hydrogen-bond donors (Lipinski definition) is 1. The highest BCUT2D eigenvalue weighted by molar-refractivity contribution is 9.10. The van der Waals surface area contributed by atoms with Gasteiger partial charge in [-0.05, 0) is 28.1 Å². The van der Waals surface area contributed by atoms with Crippen LogP contribution in [0.4, 0.5) is 5.69 Å². The molecule has 19 heavy (non-hydrogen) atoms.